The zero-order valence-corrected chi connectivity index (χ0v) is 13.9. The first kappa shape index (κ1) is 16.3. The fraction of sp³-hybridized carbons (Fsp3) is 0.444. The molecule has 0 unspecified atom stereocenters. The summed E-state index contributed by atoms with van der Waals surface area (Å²) < 4.78 is 1.95. The van der Waals surface area contributed by atoms with E-state index in [2.05, 4.69) is 61.5 Å². The average Bonchev–Trinajstić information content (AvgIpc) is 2.77. The van der Waals surface area contributed by atoms with Crippen molar-refractivity contribution in [2.75, 3.05) is 6.54 Å². The summed E-state index contributed by atoms with van der Waals surface area (Å²) in [6.07, 6.45) is 1.44. The Bertz CT molecular complexity index is 626. The van der Waals surface area contributed by atoms with Gasteiger partial charge in [-0.05, 0) is 49.9 Å². The van der Waals surface area contributed by atoms with Crippen molar-refractivity contribution in [1.82, 2.24) is 15.1 Å². The quantitative estimate of drug-likeness (QED) is 0.890. The maximum absolute atomic E-state index is 11.6. The summed E-state index contributed by atoms with van der Waals surface area (Å²) in [6.45, 7) is 8.84. The molecule has 0 bridgehead atoms. The van der Waals surface area contributed by atoms with Crippen LogP contribution in [0.1, 0.15) is 37.2 Å². The number of nitrogens with zero attached hydrogens (tertiary/aromatic N) is 2. The molecule has 0 saturated heterocycles. The molecule has 0 saturated carbocycles. The van der Waals surface area contributed by atoms with Crippen LogP contribution in [0, 0.1) is 19.8 Å². The lowest BCUT2D eigenvalue weighted by molar-refractivity contribution is -0.121. The van der Waals surface area contributed by atoms with Crippen molar-refractivity contribution in [3.63, 3.8) is 0 Å². The second-order valence-electron chi connectivity index (χ2n) is 6.20. The summed E-state index contributed by atoms with van der Waals surface area (Å²) in [5.41, 5.74) is 4.44. The molecule has 0 fully saturated rings. The van der Waals surface area contributed by atoms with E-state index in [0.717, 1.165) is 23.5 Å². The SMILES string of the molecule is Cc1cc(C)n(-c2ccc(CCNC(=O)CC(C)C)cc2)n1. The van der Waals surface area contributed by atoms with E-state index in [-0.39, 0.29) is 5.91 Å². The van der Waals surface area contributed by atoms with Gasteiger partial charge in [0.05, 0.1) is 11.4 Å². The fourth-order valence-corrected chi connectivity index (χ4v) is 2.48. The zero-order chi connectivity index (χ0) is 16.1. The molecule has 118 valence electrons. The van der Waals surface area contributed by atoms with Crippen molar-refractivity contribution >= 4 is 5.91 Å². The van der Waals surface area contributed by atoms with Crippen molar-refractivity contribution in [3.05, 3.63) is 47.3 Å². The van der Waals surface area contributed by atoms with Gasteiger partial charge in [0.2, 0.25) is 5.91 Å². The Labute approximate surface area is 132 Å². The largest absolute Gasteiger partial charge is 0.356 e. The van der Waals surface area contributed by atoms with Crippen molar-refractivity contribution in [2.24, 2.45) is 5.92 Å². The van der Waals surface area contributed by atoms with Crippen LogP contribution in [-0.2, 0) is 11.2 Å². The molecule has 1 N–H and O–H groups in total. The van der Waals surface area contributed by atoms with Gasteiger partial charge < -0.3 is 5.32 Å². The Kier molecular flexibility index (Phi) is 5.36. The fourth-order valence-electron chi connectivity index (χ4n) is 2.48. The predicted molar refractivity (Wildman–Crippen MR) is 89.2 cm³/mol. The van der Waals surface area contributed by atoms with E-state index in [1.54, 1.807) is 0 Å². The number of benzene rings is 1. The standard InChI is InChI=1S/C18H25N3O/c1-13(2)11-18(22)19-10-9-16-5-7-17(8-6-16)21-15(4)12-14(3)20-21/h5-8,12-13H,9-11H2,1-4H3,(H,19,22). The lowest BCUT2D eigenvalue weighted by Gasteiger charge is -2.08. The van der Waals surface area contributed by atoms with E-state index in [1.807, 2.05) is 11.6 Å². The molecular weight excluding hydrogens is 274 g/mol. The van der Waals surface area contributed by atoms with Gasteiger partial charge in [-0.25, -0.2) is 4.68 Å². The van der Waals surface area contributed by atoms with Crippen LogP contribution >= 0.6 is 0 Å². The van der Waals surface area contributed by atoms with Crippen LogP contribution in [-0.4, -0.2) is 22.2 Å². The summed E-state index contributed by atoms with van der Waals surface area (Å²) in [6, 6.07) is 10.4. The molecule has 0 atom stereocenters. The number of carbonyl (C=O) groups excluding carboxylic acids is 1. The molecular formula is C18H25N3O. The van der Waals surface area contributed by atoms with E-state index in [4.69, 9.17) is 0 Å². The molecule has 1 aromatic heterocycles. The van der Waals surface area contributed by atoms with Crippen molar-refractivity contribution in [3.8, 4) is 5.69 Å². The van der Waals surface area contributed by atoms with Crippen LogP contribution in [0.25, 0.3) is 5.69 Å². The first-order valence-electron chi connectivity index (χ1n) is 7.85. The van der Waals surface area contributed by atoms with Crippen LogP contribution in [0.3, 0.4) is 0 Å². The van der Waals surface area contributed by atoms with Crippen molar-refractivity contribution in [1.29, 1.82) is 0 Å². The van der Waals surface area contributed by atoms with E-state index >= 15 is 0 Å². The van der Waals surface area contributed by atoms with Crippen LogP contribution in [0.4, 0.5) is 0 Å². The Morgan fingerprint density at radius 2 is 1.91 bits per heavy atom. The average molecular weight is 299 g/mol. The third-order valence-electron chi connectivity index (χ3n) is 3.52. The number of rotatable bonds is 6. The number of hydrogen-bond donors (Lipinski definition) is 1. The van der Waals surface area contributed by atoms with Gasteiger partial charge >= 0.3 is 0 Å². The van der Waals surface area contributed by atoms with Gasteiger partial charge in [-0.2, -0.15) is 5.10 Å². The molecule has 4 nitrogen and oxygen atoms in total. The summed E-state index contributed by atoms with van der Waals surface area (Å²) in [4.78, 5) is 11.6. The minimum atomic E-state index is 0.134. The number of carbonyl (C=O) groups is 1. The number of nitrogens with one attached hydrogen (secondary N) is 1. The molecule has 0 spiro atoms. The number of amides is 1. The first-order chi connectivity index (χ1) is 10.5. The van der Waals surface area contributed by atoms with E-state index in [9.17, 15) is 4.79 Å². The minimum absolute atomic E-state index is 0.134. The normalized spacial score (nSPS) is 11.0. The Morgan fingerprint density at radius 3 is 2.45 bits per heavy atom. The molecule has 0 aliphatic heterocycles. The second-order valence-corrected chi connectivity index (χ2v) is 6.20. The summed E-state index contributed by atoms with van der Waals surface area (Å²) in [5.74, 6) is 0.536. The molecule has 1 amide bonds. The maximum Gasteiger partial charge on any atom is 0.220 e. The lowest BCUT2D eigenvalue weighted by atomic mass is 10.1. The molecule has 0 radical (unpaired) electrons. The molecule has 0 aliphatic rings. The number of aromatic nitrogens is 2. The molecule has 2 rings (SSSR count). The zero-order valence-electron chi connectivity index (χ0n) is 13.9. The number of hydrogen-bond acceptors (Lipinski definition) is 2. The van der Waals surface area contributed by atoms with Crippen LogP contribution in [0.5, 0.6) is 0 Å². The van der Waals surface area contributed by atoms with Crippen LogP contribution in [0.15, 0.2) is 30.3 Å². The second kappa shape index (κ2) is 7.25. The summed E-state index contributed by atoms with van der Waals surface area (Å²) in [7, 11) is 0. The molecule has 4 heteroatoms. The third kappa shape index (κ3) is 4.45. The topological polar surface area (TPSA) is 46.9 Å². The van der Waals surface area contributed by atoms with Gasteiger partial charge in [0.15, 0.2) is 0 Å². The highest BCUT2D eigenvalue weighted by Gasteiger charge is 2.05. The molecule has 1 aromatic carbocycles. The van der Waals surface area contributed by atoms with E-state index in [1.165, 1.54) is 5.56 Å². The predicted octanol–water partition coefficient (Wildman–Crippen LogP) is 3.19. The molecule has 2 aromatic rings. The highest BCUT2D eigenvalue weighted by Crippen LogP contribution is 2.13. The van der Waals surface area contributed by atoms with Crippen LogP contribution in [0.2, 0.25) is 0 Å². The minimum Gasteiger partial charge on any atom is -0.356 e. The molecule has 22 heavy (non-hydrogen) atoms. The Morgan fingerprint density at radius 1 is 1.23 bits per heavy atom. The van der Waals surface area contributed by atoms with Gasteiger partial charge in [0.25, 0.3) is 0 Å². The highest BCUT2D eigenvalue weighted by molar-refractivity contribution is 5.76. The maximum atomic E-state index is 11.6. The van der Waals surface area contributed by atoms with E-state index in [0.29, 0.717) is 18.9 Å². The van der Waals surface area contributed by atoms with Gasteiger partial charge in [0.1, 0.15) is 0 Å². The first-order valence-corrected chi connectivity index (χ1v) is 7.85. The van der Waals surface area contributed by atoms with Gasteiger partial charge in [0, 0.05) is 18.7 Å². The van der Waals surface area contributed by atoms with Gasteiger partial charge in [-0.1, -0.05) is 26.0 Å². The van der Waals surface area contributed by atoms with Gasteiger partial charge in [-0.3, -0.25) is 4.79 Å². The molecule has 1 heterocycles. The third-order valence-corrected chi connectivity index (χ3v) is 3.52. The highest BCUT2D eigenvalue weighted by atomic mass is 16.1. The van der Waals surface area contributed by atoms with Gasteiger partial charge in [-0.15, -0.1) is 0 Å². The summed E-state index contributed by atoms with van der Waals surface area (Å²) >= 11 is 0. The lowest BCUT2D eigenvalue weighted by Crippen LogP contribution is -2.26. The Hall–Kier alpha value is -2.10. The molecule has 0 aliphatic carbocycles. The van der Waals surface area contributed by atoms with Crippen LogP contribution < -0.4 is 5.32 Å². The smallest absolute Gasteiger partial charge is 0.220 e. The van der Waals surface area contributed by atoms with Crippen molar-refractivity contribution in [2.45, 2.75) is 40.5 Å². The Balaban J connectivity index is 1.90. The monoisotopic (exact) mass is 299 g/mol. The van der Waals surface area contributed by atoms with Crippen molar-refractivity contribution < 1.29 is 4.79 Å². The summed E-state index contributed by atoms with van der Waals surface area (Å²) in [5, 5.41) is 7.45. The van der Waals surface area contributed by atoms with E-state index < -0.39 is 0 Å². The number of aryl methyl sites for hydroxylation is 2.